The highest BCUT2D eigenvalue weighted by molar-refractivity contribution is 9.14. The van der Waals surface area contributed by atoms with Gasteiger partial charge in [-0.05, 0) is 61.5 Å². The zero-order chi connectivity index (χ0) is 43.6. The molecule has 0 radical (unpaired) electrons. The molecule has 0 saturated heterocycles. The van der Waals surface area contributed by atoms with E-state index in [-0.39, 0.29) is 86.4 Å². The van der Waals surface area contributed by atoms with E-state index in [4.69, 9.17) is 18.9 Å². The van der Waals surface area contributed by atoms with E-state index in [0.29, 0.717) is 44.5 Å². The van der Waals surface area contributed by atoms with Gasteiger partial charge in [-0.15, -0.1) is 0 Å². The van der Waals surface area contributed by atoms with E-state index in [1.807, 2.05) is 6.07 Å². The summed E-state index contributed by atoms with van der Waals surface area (Å²) in [6, 6.07) is 18.0. The lowest BCUT2D eigenvalue weighted by molar-refractivity contribution is -0.138. The molecule has 1 atom stereocenters. The molecule has 2 heterocycles. The number of hydrogen-bond donors (Lipinski definition) is 3. The van der Waals surface area contributed by atoms with Crippen LogP contribution in [0, 0.1) is 5.92 Å². The summed E-state index contributed by atoms with van der Waals surface area (Å²) in [5.41, 5.74) is 3.73. The van der Waals surface area contributed by atoms with Gasteiger partial charge in [-0.1, -0.05) is 62.4 Å². The molecule has 1 aliphatic heterocycles. The largest absolute Gasteiger partial charge is 0.443 e. The molecule has 1 unspecified atom stereocenters. The summed E-state index contributed by atoms with van der Waals surface area (Å²) in [5.74, 6) is -2.66. The zero-order valence-electron chi connectivity index (χ0n) is 33.2. The Balaban J connectivity index is 0.847. The van der Waals surface area contributed by atoms with Crippen LogP contribution in [0.25, 0.3) is 22.2 Å². The lowest BCUT2D eigenvalue weighted by atomic mass is 9.87. The summed E-state index contributed by atoms with van der Waals surface area (Å²) >= 11 is 6.14. The van der Waals surface area contributed by atoms with Crippen LogP contribution in [0.3, 0.4) is 0 Å². The first-order valence-electron chi connectivity index (χ1n) is 19.3. The maximum atomic E-state index is 13.2. The molecule has 0 saturated carbocycles. The van der Waals surface area contributed by atoms with Crippen molar-refractivity contribution in [3.8, 4) is 11.3 Å². The van der Waals surface area contributed by atoms with Crippen LogP contribution in [-0.2, 0) is 49.5 Å². The van der Waals surface area contributed by atoms with Gasteiger partial charge in [0.2, 0.25) is 17.7 Å². The minimum absolute atomic E-state index is 0.00340. The van der Waals surface area contributed by atoms with Crippen molar-refractivity contribution in [3.63, 3.8) is 0 Å². The molecule has 4 aromatic rings. The molecule has 2 aliphatic rings. The quantitative estimate of drug-likeness (QED) is 0.0730. The van der Waals surface area contributed by atoms with Crippen LogP contribution in [0.4, 0.5) is 10.5 Å². The molecule has 0 spiro atoms. The van der Waals surface area contributed by atoms with Gasteiger partial charge < -0.3 is 34.9 Å². The van der Waals surface area contributed by atoms with Crippen molar-refractivity contribution in [2.24, 2.45) is 5.92 Å². The number of fused-ring (bicyclic) bond motifs is 2. The average Bonchev–Trinajstić information content (AvgIpc) is 3.73. The molecular weight excluding hydrogens is 924 g/mol. The minimum atomic E-state index is -0.884. The Labute approximate surface area is 366 Å². The van der Waals surface area contributed by atoms with Crippen molar-refractivity contribution in [2.75, 3.05) is 58.0 Å². The fourth-order valence-electron chi connectivity index (χ4n) is 6.46. The number of hydrogen-bond acceptors (Lipinski definition) is 12. The predicted octanol–water partition coefficient (Wildman–Crippen LogP) is 4.44. The Kier molecular flexibility index (Phi) is 15.3. The first-order valence-corrected chi connectivity index (χ1v) is 20.9. The van der Waals surface area contributed by atoms with Crippen molar-refractivity contribution < 1.29 is 52.5 Å². The predicted molar refractivity (Wildman–Crippen MR) is 228 cm³/mol. The van der Waals surface area contributed by atoms with Gasteiger partial charge in [0.05, 0.1) is 58.2 Å². The van der Waals surface area contributed by atoms with E-state index in [2.05, 4.69) is 52.9 Å². The number of halogens is 2. The number of carbonyl (C=O) groups is 7. The lowest BCUT2D eigenvalue weighted by Gasteiger charge is -2.21. The Morgan fingerprint density at radius 1 is 0.738 bits per heavy atom. The summed E-state index contributed by atoms with van der Waals surface area (Å²) in [4.78, 5) is 89.5. The number of imide groups is 1. The van der Waals surface area contributed by atoms with Gasteiger partial charge in [-0.3, -0.25) is 33.7 Å². The van der Waals surface area contributed by atoms with Crippen LogP contribution in [0.1, 0.15) is 41.8 Å². The fraction of sp³-hybridized carbons (Fsp3) is 0.333. The van der Waals surface area contributed by atoms with Crippen molar-refractivity contribution >= 4 is 89.9 Å². The van der Waals surface area contributed by atoms with E-state index < -0.39 is 41.7 Å². The molecule has 0 bridgehead atoms. The van der Waals surface area contributed by atoms with Crippen molar-refractivity contribution in [3.05, 3.63) is 92.4 Å². The molecule has 61 heavy (non-hydrogen) atoms. The van der Waals surface area contributed by atoms with Crippen LogP contribution in [0.2, 0.25) is 0 Å². The second-order valence-electron chi connectivity index (χ2n) is 14.1. The van der Waals surface area contributed by atoms with E-state index in [1.54, 1.807) is 74.5 Å². The Morgan fingerprint density at radius 3 is 2.03 bits per heavy atom. The smallest absolute Gasteiger partial charge is 0.435 e. The highest BCUT2D eigenvalue weighted by Crippen LogP contribution is 2.38. The molecule has 17 nitrogen and oxygen atoms in total. The molecule has 3 N–H and O–H groups in total. The number of nitrogens with zero attached hydrogens (tertiary/aromatic N) is 3. The summed E-state index contributed by atoms with van der Waals surface area (Å²) in [6.07, 6.45) is -0.713. The number of aromatic nitrogens is 2. The number of ether oxygens (including phenoxy) is 4. The monoisotopic (exact) mass is 964 g/mol. The SMILES string of the molecule is CC(C)C(NC(=O)CCOCCOCCOCCN1C(=O)C(Br)=C(Br)C1=O)C(=O)NCC(=O)Nc1ccc(COC(=O)n2nc3c4c(cccc42)C(=O)c2ccccc2-3)cc1. The molecule has 19 heteroatoms. The second kappa shape index (κ2) is 20.8. The molecule has 5 amide bonds. The Bertz CT molecular complexity index is 2360. The molecule has 320 valence electrons. The summed E-state index contributed by atoms with van der Waals surface area (Å²) in [6.45, 7) is 4.48. The molecule has 3 aromatic carbocycles. The second-order valence-corrected chi connectivity index (χ2v) is 15.7. The third-order valence-corrected chi connectivity index (χ3v) is 11.6. The van der Waals surface area contributed by atoms with Crippen LogP contribution < -0.4 is 16.0 Å². The van der Waals surface area contributed by atoms with Crippen LogP contribution in [0.5, 0.6) is 0 Å². The van der Waals surface area contributed by atoms with E-state index >= 15 is 0 Å². The summed E-state index contributed by atoms with van der Waals surface area (Å²) in [5, 5.41) is 13.1. The normalized spacial score (nSPS) is 13.8. The minimum Gasteiger partial charge on any atom is -0.443 e. The van der Waals surface area contributed by atoms with Crippen molar-refractivity contribution in [2.45, 2.75) is 32.9 Å². The number of nitrogens with one attached hydrogen (secondary N) is 3. The van der Waals surface area contributed by atoms with Gasteiger partial charge in [0.15, 0.2) is 5.78 Å². The van der Waals surface area contributed by atoms with Crippen LogP contribution in [-0.4, -0.2) is 115 Å². The maximum Gasteiger partial charge on any atom is 0.435 e. The average molecular weight is 967 g/mol. The van der Waals surface area contributed by atoms with Gasteiger partial charge in [0, 0.05) is 34.2 Å². The first-order chi connectivity index (χ1) is 29.3. The fourth-order valence-corrected chi connectivity index (χ4v) is 7.22. The summed E-state index contributed by atoms with van der Waals surface area (Å²) < 4.78 is 23.4. The van der Waals surface area contributed by atoms with Crippen molar-refractivity contribution in [1.82, 2.24) is 25.3 Å². The van der Waals surface area contributed by atoms with Crippen LogP contribution >= 0.6 is 31.9 Å². The number of benzene rings is 3. The third-order valence-electron chi connectivity index (χ3n) is 9.58. The molecular formula is C42H42Br2N6O11. The number of anilines is 1. The standard InChI is InChI=1S/C42H42Br2N6O11/c1-24(2)36(47-31(51)14-16-58-18-20-60-21-19-59-17-15-49-40(55)34(43)35(44)41(49)56)39(54)45-22-32(52)46-26-12-10-25(11-13-26)23-61-42(57)50-30-9-5-8-29-33(30)37(48-50)27-6-3-4-7-28(27)38(29)53/h3-13,24,36H,14-23H2,1-2H3,(H,45,54)(H,46,52)(H,47,51). The van der Waals surface area contributed by atoms with Crippen molar-refractivity contribution in [1.29, 1.82) is 0 Å². The molecule has 1 aromatic heterocycles. The lowest BCUT2D eigenvalue weighted by Crippen LogP contribution is -2.51. The maximum absolute atomic E-state index is 13.2. The van der Waals surface area contributed by atoms with Gasteiger partial charge in [-0.25, -0.2) is 4.79 Å². The summed E-state index contributed by atoms with van der Waals surface area (Å²) in [7, 11) is 0. The third kappa shape index (κ3) is 10.8. The van der Waals surface area contributed by atoms with Gasteiger partial charge >= 0.3 is 6.09 Å². The number of amides is 5. The number of carbonyl (C=O) groups excluding carboxylic acids is 7. The van der Waals surface area contributed by atoms with E-state index in [0.717, 1.165) is 9.58 Å². The molecule has 1 aliphatic carbocycles. The topological polar surface area (TPSA) is 214 Å². The molecule has 6 rings (SSSR count). The zero-order valence-corrected chi connectivity index (χ0v) is 36.3. The van der Waals surface area contributed by atoms with Gasteiger partial charge in [0.1, 0.15) is 27.3 Å². The van der Waals surface area contributed by atoms with E-state index in [1.165, 1.54) is 0 Å². The Hall–Kier alpha value is -5.60. The first kappa shape index (κ1) is 44.9. The Morgan fingerprint density at radius 2 is 1.36 bits per heavy atom. The number of ketones is 1. The molecule has 0 fully saturated rings. The highest BCUT2D eigenvalue weighted by atomic mass is 79.9. The van der Waals surface area contributed by atoms with Gasteiger partial charge in [-0.2, -0.15) is 9.78 Å². The van der Waals surface area contributed by atoms with Crippen LogP contribution in [0.15, 0.2) is 75.7 Å². The van der Waals surface area contributed by atoms with Gasteiger partial charge in [0.25, 0.3) is 11.8 Å². The van der Waals surface area contributed by atoms with E-state index in [9.17, 15) is 33.6 Å². The highest BCUT2D eigenvalue weighted by Gasteiger charge is 2.35. The number of rotatable bonds is 20.